The maximum atomic E-state index is 12.5. The van der Waals surface area contributed by atoms with Crippen molar-refractivity contribution in [3.63, 3.8) is 0 Å². The number of benzene rings is 2. The predicted molar refractivity (Wildman–Crippen MR) is 112 cm³/mol. The van der Waals surface area contributed by atoms with Gasteiger partial charge in [-0.05, 0) is 55.0 Å². The number of aromatic amines is 1. The minimum atomic E-state index is -3.29. The van der Waals surface area contributed by atoms with Gasteiger partial charge in [0.05, 0.1) is 12.9 Å². The van der Waals surface area contributed by atoms with Gasteiger partial charge in [-0.25, -0.2) is 13.1 Å². The predicted octanol–water partition coefficient (Wildman–Crippen LogP) is 3.76. The summed E-state index contributed by atoms with van der Waals surface area (Å²) in [4.78, 5) is 3.30. The zero-order chi connectivity index (χ0) is 19.6. The van der Waals surface area contributed by atoms with Gasteiger partial charge < -0.3 is 9.72 Å². The summed E-state index contributed by atoms with van der Waals surface area (Å²) < 4.78 is 33.2. The molecule has 2 N–H and O–H groups in total. The van der Waals surface area contributed by atoms with Gasteiger partial charge in [0.1, 0.15) is 5.75 Å². The Morgan fingerprint density at radius 2 is 1.93 bits per heavy atom. The molecule has 3 aromatic rings. The lowest BCUT2D eigenvalue weighted by Gasteiger charge is -2.16. The minimum Gasteiger partial charge on any atom is -0.497 e. The van der Waals surface area contributed by atoms with E-state index in [0.717, 1.165) is 35.9 Å². The highest BCUT2D eigenvalue weighted by Gasteiger charge is 2.46. The summed E-state index contributed by atoms with van der Waals surface area (Å²) in [5, 5.41) is 1.11. The Balaban J connectivity index is 1.40. The number of sulfonamides is 1. The fourth-order valence-corrected chi connectivity index (χ4v) is 4.95. The first kappa shape index (κ1) is 19.0. The van der Waals surface area contributed by atoms with E-state index in [1.807, 2.05) is 54.7 Å². The van der Waals surface area contributed by atoms with Crippen LogP contribution in [-0.2, 0) is 21.9 Å². The molecular formula is C22H26N2O3S. The molecule has 0 amide bonds. The number of H-pyrrole nitrogens is 1. The molecule has 1 heterocycles. The fourth-order valence-electron chi connectivity index (χ4n) is 3.79. The lowest BCUT2D eigenvalue weighted by molar-refractivity contribution is 0.415. The van der Waals surface area contributed by atoms with Crippen molar-refractivity contribution >= 4 is 20.9 Å². The van der Waals surface area contributed by atoms with E-state index in [1.54, 1.807) is 7.11 Å². The van der Waals surface area contributed by atoms with Gasteiger partial charge in [0, 0.05) is 29.1 Å². The van der Waals surface area contributed by atoms with Gasteiger partial charge in [0.2, 0.25) is 10.0 Å². The monoisotopic (exact) mass is 398 g/mol. The molecule has 1 saturated carbocycles. The lowest BCUT2D eigenvalue weighted by Crippen LogP contribution is -2.34. The normalized spacial score (nSPS) is 15.6. The molecule has 0 aliphatic heterocycles. The first-order valence-electron chi connectivity index (χ1n) is 9.68. The largest absolute Gasteiger partial charge is 0.497 e. The van der Waals surface area contributed by atoms with Crippen LogP contribution < -0.4 is 9.46 Å². The van der Waals surface area contributed by atoms with Crippen LogP contribution in [0.1, 0.15) is 30.4 Å². The van der Waals surface area contributed by atoms with Gasteiger partial charge >= 0.3 is 0 Å². The van der Waals surface area contributed by atoms with Crippen molar-refractivity contribution < 1.29 is 13.2 Å². The van der Waals surface area contributed by atoms with E-state index in [9.17, 15) is 8.42 Å². The van der Waals surface area contributed by atoms with E-state index < -0.39 is 10.0 Å². The van der Waals surface area contributed by atoms with Crippen LogP contribution in [0, 0.1) is 0 Å². The smallest absolute Gasteiger partial charge is 0.211 e. The molecule has 2 aromatic carbocycles. The van der Waals surface area contributed by atoms with Crippen molar-refractivity contribution in [2.45, 2.75) is 31.1 Å². The van der Waals surface area contributed by atoms with E-state index in [2.05, 4.69) is 9.71 Å². The zero-order valence-corrected chi connectivity index (χ0v) is 16.9. The highest BCUT2D eigenvalue weighted by molar-refractivity contribution is 7.89. The van der Waals surface area contributed by atoms with E-state index in [0.29, 0.717) is 13.0 Å². The van der Waals surface area contributed by atoms with Crippen LogP contribution in [0.3, 0.4) is 0 Å². The molecule has 6 heteroatoms. The first-order chi connectivity index (χ1) is 13.5. The van der Waals surface area contributed by atoms with Gasteiger partial charge in [0.15, 0.2) is 0 Å². The second-order valence-corrected chi connectivity index (χ2v) is 9.55. The Hall–Kier alpha value is -2.31. The summed E-state index contributed by atoms with van der Waals surface area (Å²) in [6.45, 7) is 0.449. The van der Waals surface area contributed by atoms with Crippen LogP contribution in [0.2, 0.25) is 0 Å². The summed E-state index contributed by atoms with van der Waals surface area (Å²) >= 11 is 0. The molecule has 0 spiro atoms. The van der Waals surface area contributed by atoms with Gasteiger partial charge in [-0.3, -0.25) is 0 Å². The maximum Gasteiger partial charge on any atom is 0.211 e. The maximum absolute atomic E-state index is 12.5. The molecule has 5 nitrogen and oxygen atoms in total. The van der Waals surface area contributed by atoms with Crippen molar-refractivity contribution in [2.24, 2.45) is 0 Å². The van der Waals surface area contributed by atoms with Gasteiger partial charge in [-0.2, -0.15) is 0 Å². The summed E-state index contributed by atoms with van der Waals surface area (Å²) in [7, 11) is -1.63. The third-order valence-corrected chi connectivity index (χ3v) is 7.08. The molecule has 1 aliphatic rings. The van der Waals surface area contributed by atoms with Crippen molar-refractivity contribution in [1.82, 2.24) is 9.71 Å². The summed E-state index contributed by atoms with van der Waals surface area (Å²) in [6.07, 6.45) is 5.39. The van der Waals surface area contributed by atoms with Crippen LogP contribution in [0.5, 0.6) is 5.75 Å². The Morgan fingerprint density at radius 3 is 2.64 bits per heavy atom. The summed E-state index contributed by atoms with van der Waals surface area (Å²) in [6, 6.07) is 15.9. The molecular weight excluding hydrogens is 372 g/mol. The van der Waals surface area contributed by atoms with Crippen LogP contribution in [-0.4, -0.2) is 32.8 Å². The van der Waals surface area contributed by atoms with Crippen molar-refractivity contribution in [2.75, 3.05) is 19.4 Å². The molecule has 148 valence electrons. The average Bonchev–Trinajstić information content (AvgIpc) is 3.38. The molecule has 0 radical (unpaired) electrons. The van der Waals surface area contributed by atoms with Gasteiger partial charge in [-0.1, -0.05) is 30.3 Å². The third-order valence-electron chi connectivity index (χ3n) is 5.67. The number of hydrogen-bond donors (Lipinski definition) is 2. The Bertz CT molecular complexity index is 1050. The van der Waals surface area contributed by atoms with E-state index in [4.69, 9.17) is 4.74 Å². The summed E-state index contributed by atoms with van der Waals surface area (Å²) in [5.41, 5.74) is 3.28. The van der Waals surface area contributed by atoms with E-state index in [-0.39, 0.29) is 11.2 Å². The number of methoxy groups -OCH3 is 1. The molecule has 0 bridgehead atoms. The molecule has 28 heavy (non-hydrogen) atoms. The first-order valence-corrected chi connectivity index (χ1v) is 11.3. The standard InChI is InChI=1S/C22H26N2O3S/c1-27-18-9-10-21-19(14-18)20(15-23-21)22(11-12-22)16-24-28(25,26)13-5-8-17-6-3-2-4-7-17/h2-4,6-7,9-10,14-15,23-24H,5,8,11-13,16H2,1H3. The number of ether oxygens (including phenoxy) is 1. The quantitative estimate of drug-likeness (QED) is 0.576. The van der Waals surface area contributed by atoms with Crippen LogP contribution in [0.25, 0.3) is 10.9 Å². The Morgan fingerprint density at radius 1 is 1.14 bits per heavy atom. The van der Waals surface area contributed by atoms with Gasteiger partial charge in [0.25, 0.3) is 0 Å². The molecule has 0 atom stereocenters. The van der Waals surface area contributed by atoms with Crippen molar-refractivity contribution in [1.29, 1.82) is 0 Å². The minimum absolute atomic E-state index is 0.114. The second-order valence-electron chi connectivity index (χ2n) is 7.62. The molecule has 1 aromatic heterocycles. The number of fused-ring (bicyclic) bond motifs is 1. The second kappa shape index (κ2) is 7.60. The SMILES string of the molecule is COc1ccc2[nH]cc(C3(CNS(=O)(=O)CCCc4ccccc4)CC3)c2c1. The number of rotatable bonds is 9. The lowest BCUT2D eigenvalue weighted by atomic mass is 9.95. The van der Waals surface area contributed by atoms with Gasteiger partial charge in [-0.15, -0.1) is 0 Å². The topological polar surface area (TPSA) is 71.2 Å². The molecule has 1 aliphatic carbocycles. The third kappa shape index (κ3) is 4.08. The number of nitrogens with one attached hydrogen (secondary N) is 2. The number of hydrogen-bond acceptors (Lipinski definition) is 3. The highest BCUT2D eigenvalue weighted by atomic mass is 32.2. The van der Waals surface area contributed by atoms with Crippen LogP contribution in [0.4, 0.5) is 0 Å². The Labute approximate surface area is 166 Å². The van der Waals surface area contributed by atoms with Crippen molar-refractivity contribution in [3.8, 4) is 5.75 Å². The highest BCUT2D eigenvalue weighted by Crippen LogP contribution is 2.50. The van der Waals surface area contributed by atoms with Crippen LogP contribution in [0.15, 0.2) is 54.7 Å². The molecule has 0 unspecified atom stereocenters. The zero-order valence-electron chi connectivity index (χ0n) is 16.1. The molecule has 0 saturated heterocycles. The Kier molecular flexibility index (Phi) is 5.17. The fraction of sp³-hybridized carbons (Fsp3) is 0.364. The number of aryl methyl sites for hydroxylation is 1. The summed E-state index contributed by atoms with van der Waals surface area (Å²) in [5.74, 6) is 0.963. The van der Waals surface area contributed by atoms with E-state index in [1.165, 1.54) is 11.1 Å². The molecule has 4 rings (SSSR count). The van der Waals surface area contributed by atoms with Crippen molar-refractivity contribution in [3.05, 3.63) is 65.9 Å². The average molecular weight is 399 g/mol. The van der Waals surface area contributed by atoms with E-state index >= 15 is 0 Å². The number of aromatic nitrogens is 1. The van der Waals surface area contributed by atoms with Crippen LogP contribution >= 0.6 is 0 Å². The molecule has 1 fully saturated rings.